The van der Waals surface area contributed by atoms with Gasteiger partial charge >= 0.3 is 5.97 Å². The molecule has 1 N–H and O–H groups in total. The number of nitrogens with one attached hydrogen (secondary N) is 1. The van der Waals surface area contributed by atoms with Crippen LogP contribution < -0.4 is 5.32 Å². The zero-order valence-corrected chi connectivity index (χ0v) is 27.0. The Labute approximate surface area is 243 Å². The van der Waals surface area contributed by atoms with E-state index in [1.165, 1.54) is 5.57 Å². The first-order chi connectivity index (χ1) is 18.4. The highest BCUT2D eigenvalue weighted by atomic mass is 16.5. The third kappa shape index (κ3) is 3.87. The summed E-state index contributed by atoms with van der Waals surface area (Å²) in [5.74, 6) is 0.306. The molecular weight excluding hydrogens is 498 g/mol. The van der Waals surface area contributed by atoms with Gasteiger partial charge in [-0.3, -0.25) is 14.4 Å². The van der Waals surface area contributed by atoms with Gasteiger partial charge < -0.3 is 10.1 Å². The van der Waals surface area contributed by atoms with Gasteiger partial charge in [0.15, 0.2) is 5.78 Å². The molecule has 0 spiro atoms. The molecule has 0 saturated heterocycles. The molecule has 40 heavy (non-hydrogen) atoms. The number of rotatable bonds is 3. The largest absolute Gasteiger partial charge is 0.469 e. The van der Waals surface area contributed by atoms with Crippen molar-refractivity contribution in [3.63, 3.8) is 0 Å². The van der Waals surface area contributed by atoms with Crippen molar-refractivity contribution in [2.24, 2.45) is 56.2 Å². The van der Waals surface area contributed by atoms with Crippen LogP contribution in [0.15, 0.2) is 11.6 Å². The van der Waals surface area contributed by atoms with Gasteiger partial charge in [-0.1, -0.05) is 60.1 Å². The first-order valence-electron chi connectivity index (χ1n) is 16.0. The molecule has 0 aliphatic heterocycles. The average Bonchev–Trinajstić information content (AvgIpc) is 2.85. The number of allylic oxidation sites excluding steroid dienone is 2. The normalized spacial score (nSPS) is 45.3. The van der Waals surface area contributed by atoms with Gasteiger partial charge in [-0.15, -0.1) is 0 Å². The molecule has 5 aliphatic rings. The highest BCUT2D eigenvalue weighted by molar-refractivity contribution is 6.04. The van der Waals surface area contributed by atoms with Crippen LogP contribution in [0.25, 0.3) is 0 Å². The summed E-state index contributed by atoms with van der Waals surface area (Å²) in [6.45, 7) is 20.3. The summed E-state index contributed by atoms with van der Waals surface area (Å²) in [6, 6.07) is 0.0155. The third-order valence-corrected chi connectivity index (χ3v) is 13.7. The number of hydrogen-bond acceptors (Lipinski definition) is 4. The van der Waals surface area contributed by atoms with Crippen molar-refractivity contribution in [1.82, 2.24) is 5.32 Å². The Hall–Kier alpha value is -1.65. The van der Waals surface area contributed by atoms with Crippen molar-refractivity contribution in [2.45, 2.75) is 126 Å². The molecule has 4 unspecified atom stereocenters. The molecule has 0 heterocycles. The van der Waals surface area contributed by atoms with E-state index < -0.39 is 16.7 Å². The third-order valence-electron chi connectivity index (χ3n) is 13.7. The molecule has 5 aliphatic carbocycles. The van der Waals surface area contributed by atoms with Crippen molar-refractivity contribution < 1.29 is 19.1 Å². The van der Waals surface area contributed by atoms with Gasteiger partial charge in [-0.25, -0.2) is 0 Å². The second kappa shape index (κ2) is 9.17. The van der Waals surface area contributed by atoms with E-state index in [4.69, 9.17) is 4.74 Å². The van der Waals surface area contributed by atoms with Crippen LogP contribution >= 0.6 is 0 Å². The zero-order chi connectivity index (χ0) is 29.7. The number of esters is 1. The number of methoxy groups -OCH3 is 1. The number of fused-ring (bicyclic) bond motifs is 7. The molecule has 4 fully saturated rings. The van der Waals surface area contributed by atoms with Crippen LogP contribution in [0.3, 0.4) is 0 Å². The van der Waals surface area contributed by atoms with Crippen LogP contribution in [0.4, 0.5) is 0 Å². The maximum absolute atomic E-state index is 13.8. The molecule has 0 bridgehead atoms. The first-order valence-corrected chi connectivity index (χ1v) is 16.0. The fourth-order valence-electron chi connectivity index (χ4n) is 11.4. The fraction of sp³-hybridized carbons (Fsp3) is 0.857. The van der Waals surface area contributed by atoms with Crippen molar-refractivity contribution in [2.75, 3.05) is 7.11 Å². The van der Waals surface area contributed by atoms with Gasteiger partial charge in [-0.2, -0.15) is 0 Å². The van der Waals surface area contributed by atoms with E-state index in [0.717, 1.165) is 51.4 Å². The van der Waals surface area contributed by atoms with Gasteiger partial charge in [0, 0.05) is 11.5 Å². The predicted octanol–water partition coefficient (Wildman–Crippen LogP) is 7.28. The monoisotopic (exact) mass is 553 g/mol. The highest BCUT2D eigenvalue weighted by Crippen LogP contribution is 2.75. The van der Waals surface area contributed by atoms with Crippen LogP contribution in [0.1, 0.15) is 120 Å². The van der Waals surface area contributed by atoms with Crippen LogP contribution in [0, 0.1) is 56.2 Å². The lowest BCUT2D eigenvalue weighted by Gasteiger charge is -2.71. The maximum atomic E-state index is 13.8. The summed E-state index contributed by atoms with van der Waals surface area (Å²) in [7, 11) is 1.56. The van der Waals surface area contributed by atoms with Crippen molar-refractivity contribution >= 4 is 17.7 Å². The van der Waals surface area contributed by atoms with Gasteiger partial charge in [0.1, 0.15) is 0 Å². The number of hydrogen-bond donors (Lipinski definition) is 1. The number of carbonyl (C=O) groups is 3. The topological polar surface area (TPSA) is 72.5 Å². The summed E-state index contributed by atoms with van der Waals surface area (Å²) in [6.07, 6.45) is 11.1. The van der Waals surface area contributed by atoms with E-state index in [2.05, 4.69) is 59.9 Å². The van der Waals surface area contributed by atoms with Crippen molar-refractivity contribution in [3.8, 4) is 0 Å². The van der Waals surface area contributed by atoms with Crippen LogP contribution in [-0.4, -0.2) is 30.8 Å². The molecule has 224 valence electrons. The molecular formula is C35H55NO4. The van der Waals surface area contributed by atoms with Gasteiger partial charge in [0.2, 0.25) is 5.91 Å². The number of ether oxygens (including phenoxy) is 1. The Bertz CT molecular complexity index is 1130. The lowest BCUT2D eigenvalue weighted by Crippen LogP contribution is -2.66. The Morgan fingerprint density at radius 1 is 0.925 bits per heavy atom. The zero-order valence-electron chi connectivity index (χ0n) is 27.0. The summed E-state index contributed by atoms with van der Waals surface area (Å²) < 4.78 is 5.51. The van der Waals surface area contributed by atoms with Crippen LogP contribution in [0.5, 0.6) is 0 Å². The molecule has 5 nitrogen and oxygen atoms in total. The molecule has 1 amide bonds. The van der Waals surface area contributed by atoms with E-state index in [-0.39, 0.29) is 57.2 Å². The van der Waals surface area contributed by atoms with E-state index in [1.807, 2.05) is 13.8 Å². The van der Waals surface area contributed by atoms with E-state index in [0.29, 0.717) is 12.3 Å². The van der Waals surface area contributed by atoms with Gasteiger partial charge in [0.05, 0.1) is 18.4 Å². The minimum atomic E-state index is -0.586. The maximum Gasteiger partial charge on any atom is 0.312 e. The Morgan fingerprint density at radius 3 is 2.20 bits per heavy atom. The second-order valence-electron chi connectivity index (χ2n) is 16.9. The summed E-state index contributed by atoms with van der Waals surface area (Å²) in [4.78, 5) is 40.7. The SMILES string of the molecule is COC(=O)[C@]12CCC(C)(C)CC1C1=CCC3[C@@]4(C)CC(C(=O)NC(C)C)C(=O)C(C)(C)C4CC[C@@]3(C)[C@]1(C)CC2. The molecule has 0 radical (unpaired) electrons. The van der Waals surface area contributed by atoms with Crippen LogP contribution in [0.2, 0.25) is 0 Å². The minimum Gasteiger partial charge on any atom is -0.469 e. The Balaban J connectivity index is 1.59. The highest BCUT2D eigenvalue weighted by Gasteiger charge is 2.70. The molecule has 5 rings (SSSR count). The number of amides is 1. The van der Waals surface area contributed by atoms with E-state index in [1.54, 1.807) is 7.11 Å². The first kappa shape index (κ1) is 29.8. The summed E-state index contributed by atoms with van der Waals surface area (Å²) >= 11 is 0. The quantitative estimate of drug-likeness (QED) is 0.226. The standard InChI is InChI=1S/C35H55NO4/c1-21(2)36-28(38)22-19-32(7)25(31(5,6)27(22)37)13-14-34(9)26(32)12-11-23-24-20-30(3,4)15-17-35(24,29(39)40-10)18-16-33(23,34)8/h11,21-22,24-26H,12-20H2,1-10H3,(H,36,38)/t22?,24?,25?,26?,32-,33+,34+,35-/m0/s1. The van der Waals surface area contributed by atoms with Gasteiger partial charge in [-0.05, 0) is 111 Å². The number of Topliss-reactive ketones (excluding diaryl/α,β-unsaturated/α-hetero) is 1. The second-order valence-corrected chi connectivity index (χ2v) is 16.9. The summed E-state index contributed by atoms with van der Waals surface area (Å²) in [5.41, 5.74) is 0.697. The molecule has 5 heteroatoms. The van der Waals surface area contributed by atoms with E-state index >= 15 is 0 Å². The summed E-state index contributed by atoms with van der Waals surface area (Å²) in [5, 5.41) is 3.07. The van der Waals surface area contributed by atoms with Gasteiger partial charge in [0.25, 0.3) is 0 Å². The molecule has 0 aromatic carbocycles. The van der Waals surface area contributed by atoms with Crippen molar-refractivity contribution in [1.29, 1.82) is 0 Å². The van der Waals surface area contributed by atoms with Crippen molar-refractivity contribution in [3.05, 3.63) is 11.6 Å². The number of carbonyl (C=O) groups excluding carboxylic acids is 3. The predicted molar refractivity (Wildman–Crippen MR) is 158 cm³/mol. The lowest BCUT2D eigenvalue weighted by molar-refractivity contribution is -0.196. The Kier molecular flexibility index (Phi) is 6.84. The molecule has 4 saturated carbocycles. The molecule has 0 aromatic rings. The number of ketones is 1. The smallest absolute Gasteiger partial charge is 0.312 e. The fourth-order valence-corrected chi connectivity index (χ4v) is 11.4. The average molecular weight is 554 g/mol. The molecule has 8 atom stereocenters. The van der Waals surface area contributed by atoms with Crippen LogP contribution in [-0.2, 0) is 19.1 Å². The minimum absolute atomic E-state index is 0.00885. The van der Waals surface area contributed by atoms with E-state index in [9.17, 15) is 14.4 Å². The molecule has 0 aromatic heterocycles. The Morgan fingerprint density at radius 2 is 1.57 bits per heavy atom. The lowest BCUT2D eigenvalue weighted by atomic mass is 9.33.